The number of halogens is 2. The summed E-state index contributed by atoms with van der Waals surface area (Å²) in [6.45, 7) is 1.13. The minimum absolute atomic E-state index is 0.346. The van der Waals surface area contributed by atoms with Crippen LogP contribution in [0.4, 0.5) is 0 Å². The Kier molecular flexibility index (Phi) is 2.30. The van der Waals surface area contributed by atoms with Crippen LogP contribution in [-0.2, 0) is 5.41 Å². The molecule has 0 saturated heterocycles. The molecule has 3 aliphatic carbocycles. The molecule has 3 saturated carbocycles. The van der Waals surface area contributed by atoms with Crippen molar-refractivity contribution in [3.8, 4) is 0 Å². The van der Waals surface area contributed by atoms with Crippen molar-refractivity contribution in [1.29, 1.82) is 0 Å². The number of rotatable bonds is 3. The third-order valence-corrected chi connectivity index (χ3v) is 4.76. The molecular weight excluding hydrogens is 241 g/mol. The molecule has 0 heterocycles. The van der Waals surface area contributed by atoms with Gasteiger partial charge in [0.1, 0.15) is 0 Å². The van der Waals surface area contributed by atoms with Gasteiger partial charge in [-0.05, 0) is 60.9 Å². The molecule has 86 valence electrons. The Labute approximate surface area is 106 Å². The molecule has 1 nitrogen and oxygen atoms in total. The molecule has 1 N–H and O–H groups in total. The molecule has 3 fully saturated rings. The highest BCUT2D eigenvalue weighted by Gasteiger charge is 2.68. The highest BCUT2D eigenvalue weighted by Crippen LogP contribution is 2.74. The zero-order valence-electron chi connectivity index (χ0n) is 9.32. The van der Waals surface area contributed by atoms with Gasteiger partial charge in [0.25, 0.3) is 0 Å². The summed E-state index contributed by atoms with van der Waals surface area (Å²) >= 11 is 12.3. The molecule has 3 aliphatic rings. The fourth-order valence-electron chi connectivity index (χ4n) is 3.75. The van der Waals surface area contributed by atoms with Gasteiger partial charge < -0.3 is 5.32 Å². The summed E-state index contributed by atoms with van der Waals surface area (Å²) in [5.41, 5.74) is 2.17. The van der Waals surface area contributed by atoms with Crippen LogP contribution in [0.5, 0.6) is 0 Å². The fraction of sp³-hybridized carbons (Fsp3) is 0.538. The topological polar surface area (TPSA) is 12.0 Å². The number of hydrogen-bond donors (Lipinski definition) is 1. The predicted molar refractivity (Wildman–Crippen MR) is 68.4 cm³/mol. The molecule has 0 radical (unpaired) electrons. The van der Waals surface area contributed by atoms with Crippen molar-refractivity contribution in [2.45, 2.75) is 24.7 Å². The van der Waals surface area contributed by atoms with Crippen LogP contribution in [-0.4, -0.2) is 13.6 Å². The van der Waals surface area contributed by atoms with E-state index in [-0.39, 0.29) is 0 Å². The zero-order chi connectivity index (χ0) is 11.4. The summed E-state index contributed by atoms with van der Waals surface area (Å²) in [4.78, 5) is 0. The molecule has 0 aromatic heterocycles. The van der Waals surface area contributed by atoms with Crippen molar-refractivity contribution in [3.63, 3.8) is 0 Å². The second-order valence-corrected chi connectivity index (χ2v) is 6.31. The summed E-state index contributed by atoms with van der Waals surface area (Å²) in [6.07, 6.45) is 3.79. The molecule has 0 spiro atoms. The van der Waals surface area contributed by atoms with E-state index in [1.54, 1.807) is 0 Å². The van der Waals surface area contributed by atoms with Crippen LogP contribution in [0.2, 0.25) is 10.0 Å². The fourth-order valence-corrected chi connectivity index (χ4v) is 4.24. The van der Waals surface area contributed by atoms with Crippen LogP contribution in [0.3, 0.4) is 0 Å². The average molecular weight is 256 g/mol. The molecule has 4 rings (SSSR count). The smallest absolute Gasteiger partial charge is 0.0444 e. The lowest BCUT2D eigenvalue weighted by Crippen LogP contribution is -2.67. The molecule has 0 atom stereocenters. The monoisotopic (exact) mass is 255 g/mol. The van der Waals surface area contributed by atoms with Gasteiger partial charge in [0, 0.05) is 16.6 Å². The van der Waals surface area contributed by atoms with Crippen LogP contribution in [0, 0.1) is 5.41 Å². The molecule has 0 unspecified atom stereocenters. The van der Waals surface area contributed by atoms with E-state index in [9.17, 15) is 0 Å². The van der Waals surface area contributed by atoms with E-state index in [1.165, 1.54) is 24.8 Å². The lowest BCUT2D eigenvalue weighted by Gasteiger charge is -2.71. The maximum atomic E-state index is 6.27. The van der Waals surface area contributed by atoms with E-state index in [1.807, 2.05) is 25.2 Å². The molecular formula is C13H15Cl2N. The van der Waals surface area contributed by atoms with E-state index in [0.717, 1.165) is 16.6 Å². The Bertz CT molecular complexity index is 422. The second-order valence-electron chi connectivity index (χ2n) is 5.47. The first-order valence-corrected chi connectivity index (χ1v) is 6.45. The molecule has 1 aromatic rings. The first kappa shape index (κ1) is 10.9. The molecule has 2 bridgehead atoms. The zero-order valence-corrected chi connectivity index (χ0v) is 10.8. The third-order valence-electron chi connectivity index (χ3n) is 4.19. The molecule has 0 amide bonds. The summed E-state index contributed by atoms with van der Waals surface area (Å²) in [7, 11) is 2.03. The number of nitrogens with one attached hydrogen (secondary N) is 1. The highest BCUT2D eigenvalue weighted by atomic mass is 35.5. The van der Waals surface area contributed by atoms with Gasteiger partial charge in [0.2, 0.25) is 0 Å². The van der Waals surface area contributed by atoms with Crippen molar-refractivity contribution in [2.75, 3.05) is 13.6 Å². The van der Waals surface area contributed by atoms with Gasteiger partial charge in [0.05, 0.1) is 0 Å². The highest BCUT2D eigenvalue weighted by molar-refractivity contribution is 6.33. The van der Waals surface area contributed by atoms with Crippen LogP contribution in [0.25, 0.3) is 0 Å². The molecule has 16 heavy (non-hydrogen) atoms. The maximum absolute atomic E-state index is 6.27. The van der Waals surface area contributed by atoms with E-state index in [4.69, 9.17) is 23.2 Å². The van der Waals surface area contributed by atoms with Crippen LogP contribution in [0.1, 0.15) is 24.8 Å². The van der Waals surface area contributed by atoms with Crippen molar-refractivity contribution in [2.24, 2.45) is 5.41 Å². The minimum Gasteiger partial charge on any atom is -0.319 e. The van der Waals surface area contributed by atoms with Crippen LogP contribution < -0.4 is 5.32 Å². The van der Waals surface area contributed by atoms with E-state index < -0.39 is 0 Å². The van der Waals surface area contributed by atoms with Gasteiger partial charge in [-0.25, -0.2) is 0 Å². The third kappa shape index (κ3) is 1.35. The maximum Gasteiger partial charge on any atom is 0.0444 e. The first-order chi connectivity index (χ1) is 7.59. The summed E-state index contributed by atoms with van der Waals surface area (Å²) in [5.74, 6) is 0. The Morgan fingerprint density at radius 1 is 1.25 bits per heavy atom. The summed E-state index contributed by atoms with van der Waals surface area (Å²) in [6, 6.07) is 5.83. The Morgan fingerprint density at radius 3 is 2.56 bits per heavy atom. The predicted octanol–water partition coefficient (Wildman–Crippen LogP) is 3.63. The van der Waals surface area contributed by atoms with E-state index >= 15 is 0 Å². The molecule has 3 heteroatoms. The Morgan fingerprint density at radius 2 is 1.94 bits per heavy atom. The van der Waals surface area contributed by atoms with Gasteiger partial charge in [0.15, 0.2) is 0 Å². The minimum atomic E-state index is 0.346. The Hall–Kier alpha value is -0.240. The van der Waals surface area contributed by atoms with Crippen molar-refractivity contribution in [1.82, 2.24) is 5.32 Å². The van der Waals surface area contributed by atoms with E-state index in [0.29, 0.717) is 10.8 Å². The van der Waals surface area contributed by atoms with Gasteiger partial charge in [-0.15, -0.1) is 0 Å². The van der Waals surface area contributed by atoms with Gasteiger partial charge in [-0.1, -0.05) is 23.2 Å². The van der Waals surface area contributed by atoms with Crippen LogP contribution in [0.15, 0.2) is 18.2 Å². The summed E-state index contributed by atoms with van der Waals surface area (Å²) in [5, 5.41) is 4.96. The number of benzene rings is 1. The first-order valence-electron chi connectivity index (χ1n) is 5.69. The Balaban J connectivity index is 1.84. The van der Waals surface area contributed by atoms with Crippen molar-refractivity contribution >= 4 is 23.2 Å². The quantitative estimate of drug-likeness (QED) is 0.870. The van der Waals surface area contributed by atoms with Gasteiger partial charge in [-0.3, -0.25) is 0 Å². The molecule has 0 aliphatic heterocycles. The van der Waals surface area contributed by atoms with Gasteiger partial charge in [-0.2, -0.15) is 0 Å². The summed E-state index contributed by atoms with van der Waals surface area (Å²) < 4.78 is 0. The number of hydrogen-bond acceptors (Lipinski definition) is 1. The average Bonchev–Trinajstić information content (AvgIpc) is 2.13. The molecule has 1 aromatic carbocycles. The largest absolute Gasteiger partial charge is 0.319 e. The SMILES string of the molecule is CNCC12CC(c3cc(Cl)ccc3Cl)(C1)C2. The van der Waals surface area contributed by atoms with Gasteiger partial charge >= 0.3 is 0 Å². The van der Waals surface area contributed by atoms with Crippen molar-refractivity contribution < 1.29 is 0 Å². The second kappa shape index (κ2) is 3.38. The lowest BCUT2D eigenvalue weighted by atomic mass is 9.33. The normalized spacial score (nSPS) is 35.4. The van der Waals surface area contributed by atoms with Crippen LogP contribution >= 0.6 is 23.2 Å². The lowest BCUT2D eigenvalue weighted by molar-refractivity contribution is -0.136. The standard InChI is InChI=1S/C13H15Cl2N/c1-16-8-12-5-13(6-12,7-12)10-4-9(14)2-3-11(10)15/h2-4,16H,5-8H2,1H3. The van der Waals surface area contributed by atoms with Crippen molar-refractivity contribution in [3.05, 3.63) is 33.8 Å². The van der Waals surface area contributed by atoms with E-state index in [2.05, 4.69) is 5.32 Å².